The van der Waals surface area contributed by atoms with E-state index in [1.165, 1.54) is 0 Å². The monoisotopic (exact) mass is 390 g/mol. The van der Waals surface area contributed by atoms with Crippen LogP contribution >= 0.6 is 0 Å². The van der Waals surface area contributed by atoms with Gasteiger partial charge >= 0.3 is 0 Å². The second kappa shape index (κ2) is 7.75. The summed E-state index contributed by atoms with van der Waals surface area (Å²) < 4.78 is 5.95. The molecule has 0 spiro atoms. The number of fused-ring (bicyclic) bond motifs is 6. The molecule has 0 saturated carbocycles. The number of carbonyl (C=O) groups is 1. The number of nitrogens with zero attached hydrogens (tertiary/aromatic N) is 4. The smallest absolute Gasteiger partial charge is 0.278 e. The number of benzene rings is 1. The van der Waals surface area contributed by atoms with Gasteiger partial charge in [-0.2, -0.15) is 0 Å². The highest BCUT2D eigenvalue weighted by Gasteiger charge is 2.20. The Bertz CT molecular complexity index is 1050. The van der Waals surface area contributed by atoms with Gasteiger partial charge in [-0.3, -0.25) is 9.78 Å². The molecule has 1 unspecified atom stereocenters. The van der Waals surface area contributed by atoms with Gasteiger partial charge in [0.15, 0.2) is 11.5 Å². The van der Waals surface area contributed by atoms with Crippen molar-refractivity contribution in [1.82, 2.24) is 15.0 Å². The van der Waals surface area contributed by atoms with Gasteiger partial charge in [0.2, 0.25) is 0 Å². The third-order valence-electron chi connectivity index (χ3n) is 5.04. The molecule has 1 aliphatic heterocycles. The molecular weight excluding hydrogens is 368 g/mol. The van der Waals surface area contributed by atoms with Gasteiger partial charge in [-0.1, -0.05) is 12.1 Å². The molecule has 1 aliphatic rings. The molecule has 29 heavy (non-hydrogen) atoms. The van der Waals surface area contributed by atoms with Crippen molar-refractivity contribution in [3.05, 3.63) is 54.6 Å². The van der Waals surface area contributed by atoms with E-state index in [1.54, 1.807) is 18.6 Å². The second-order valence-electron chi connectivity index (χ2n) is 6.96. The number of nitrogen functional groups attached to an aromatic ring is 1. The maximum Gasteiger partial charge on any atom is 0.278 e. The van der Waals surface area contributed by atoms with Crippen LogP contribution in [0.2, 0.25) is 0 Å². The van der Waals surface area contributed by atoms with Gasteiger partial charge < -0.3 is 20.7 Å². The van der Waals surface area contributed by atoms with E-state index in [4.69, 9.17) is 10.5 Å². The summed E-state index contributed by atoms with van der Waals surface area (Å²) in [6.45, 7) is 2.66. The minimum atomic E-state index is -0.436. The Labute approximate surface area is 168 Å². The third-order valence-corrected chi connectivity index (χ3v) is 5.04. The number of nitrogens with two attached hydrogens (primary N) is 1. The number of carbonyl (C=O) groups excluding carboxylic acids is 1. The number of ether oxygens (including phenoxy) is 1. The summed E-state index contributed by atoms with van der Waals surface area (Å²) in [6.07, 6.45) is 5.66. The molecule has 3 aromatic rings. The predicted octanol–water partition coefficient (Wildman–Crippen LogP) is 2.98. The molecule has 3 N–H and O–H groups in total. The molecule has 0 saturated heterocycles. The normalized spacial score (nSPS) is 16.7. The van der Waals surface area contributed by atoms with Crippen LogP contribution in [-0.2, 0) is 0 Å². The van der Waals surface area contributed by atoms with Crippen molar-refractivity contribution in [3.8, 4) is 17.0 Å². The summed E-state index contributed by atoms with van der Waals surface area (Å²) in [5, 5.41) is 2.88. The van der Waals surface area contributed by atoms with E-state index in [-0.39, 0.29) is 17.6 Å². The van der Waals surface area contributed by atoms with E-state index in [0.29, 0.717) is 18.0 Å². The van der Waals surface area contributed by atoms with Gasteiger partial charge in [-0.25, -0.2) is 9.97 Å². The molecule has 4 bridgehead atoms. The molecule has 3 heterocycles. The van der Waals surface area contributed by atoms with Crippen LogP contribution in [-0.4, -0.2) is 40.6 Å². The molecule has 0 radical (unpaired) electrons. The van der Waals surface area contributed by atoms with Crippen LogP contribution in [0.25, 0.3) is 11.3 Å². The van der Waals surface area contributed by atoms with Crippen LogP contribution in [0.15, 0.2) is 48.9 Å². The molecule has 8 heteroatoms. The second-order valence-corrected chi connectivity index (χ2v) is 6.96. The van der Waals surface area contributed by atoms with Gasteiger partial charge in [-0.15, -0.1) is 0 Å². The van der Waals surface area contributed by atoms with E-state index in [1.807, 2.05) is 37.4 Å². The third kappa shape index (κ3) is 3.82. The van der Waals surface area contributed by atoms with Crippen molar-refractivity contribution >= 4 is 23.1 Å². The number of anilines is 3. The minimum Gasteiger partial charge on any atom is -0.493 e. The zero-order valence-electron chi connectivity index (χ0n) is 16.3. The van der Waals surface area contributed by atoms with Crippen LogP contribution in [0.3, 0.4) is 0 Å². The van der Waals surface area contributed by atoms with Gasteiger partial charge in [0.1, 0.15) is 5.75 Å². The van der Waals surface area contributed by atoms with E-state index >= 15 is 0 Å². The van der Waals surface area contributed by atoms with Gasteiger partial charge in [-0.05, 0) is 25.1 Å². The molecular formula is C21H22N6O2. The number of hydrogen-bond donors (Lipinski definition) is 2. The van der Waals surface area contributed by atoms with E-state index in [2.05, 4.69) is 32.1 Å². The summed E-state index contributed by atoms with van der Waals surface area (Å²) in [6, 6.07) is 9.59. The number of amides is 1. The average molecular weight is 390 g/mol. The lowest BCUT2D eigenvalue weighted by Gasteiger charge is -2.28. The lowest BCUT2D eigenvalue weighted by atomic mass is 10.1. The summed E-state index contributed by atoms with van der Waals surface area (Å²) in [4.78, 5) is 27.8. The SMILES string of the molecule is CC1CCOc2cccc(c2)-c2cnc(N)c(n2)C(=O)Nc2cnccc2N1C. The molecule has 2 aromatic heterocycles. The molecule has 4 rings (SSSR count). The van der Waals surface area contributed by atoms with E-state index in [9.17, 15) is 4.79 Å². The summed E-state index contributed by atoms with van der Waals surface area (Å²) in [5.41, 5.74) is 8.78. The Hall–Kier alpha value is -3.68. The molecule has 1 aromatic carbocycles. The maximum absolute atomic E-state index is 12.9. The Morgan fingerprint density at radius 1 is 1.28 bits per heavy atom. The zero-order chi connectivity index (χ0) is 20.4. The number of hydrogen-bond acceptors (Lipinski definition) is 7. The standard InChI is InChI=1S/C21H22N6O2/c1-13-7-9-29-15-5-3-4-14(10-15)16-12-24-20(22)19(25-16)21(28)26-17-11-23-8-6-18(17)27(13)2/h3-6,8,10-13H,7,9H2,1-2H3,(H2,22,24)(H,26,28). The average Bonchev–Trinajstić information content (AvgIpc) is 2.73. The Morgan fingerprint density at radius 3 is 3.00 bits per heavy atom. The Morgan fingerprint density at radius 2 is 2.14 bits per heavy atom. The van der Waals surface area contributed by atoms with Crippen molar-refractivity contribution in [2.24, 2.45) is 0 Å². The molecule has 148 valence electrons. The first-order chi connectivity index (χ1) is 14.0. The number of nitrogens with one attached hydrogen (secondary N) is 1. The number of pyridine rings is 1. The van der Waals surface area contributed by atoms with Crippen LogP contribution in [0.5, 0.6) is 5.75 Å². The van der Waals surface area contributed by atoms with E-state index in [0.717, 1.165) is 23.4 Å². The fourth-order valence-electron chi connectivity index (χ4n) is 3.20. The number of aromatic nitrogens is 3. The molecule has 0 aliphatic carbocycles. The van der Waals surface area contributed by atoms with Crippen molar-refractivity contribution < 1.29 is 9.53 Å². The quantitative estimate of drug-likeness (QED) is 0.608. The fourth-order valence-corrected chi connectivity index (χ4v) is 3.20. The van der Waals surface area contributed by atoms with Gasteiger partial charge in [0.25, 0.3) is 5.91 Å². The summed E-state index contributed by atoms with van der Waals surface area (Å²) >= 11 is 0. The van der Waals surface area contributed by atoms with Crippen LogP contribution in [0, 0.1) is 0 Å². The first kappa shape index (κ1) is 18.7. The van der Waals surface area contributed by atoms with Crippen LogP contribution in [0.4, 0.5) is 17.2 Å². The summed E-state index contributed by atoms with van der Waals surface area (Å²) in [7, 11) is 1.98. The lowest BCUT2D eigenvalue weighted by molar-refractivity contribution is 0.102. The topological polar surface area (TPSA) is 106 Å². The first-order valence-corrected chi connectivity index (χ1v) is 9.37. The highest BCUT2D eigenvalue weighted by molar-refractivity contribution is 6.07. The minimum absolute atomic E-state index is 0.0641. The van der Waals surface area contributed by atoms with Crippen molar-refractivity contribution in [3.63, 3.8) is 0 Å². The van der Waals surface area contributed by atoms with Crippen LogP contribution < -0.4 is 20.7 Å². The molecule has 8 nitrogen and oxygen atoms in total. The zero-order valence-corrected chi connectivity index (χ0v) is 16.3. The van der Waals surface area contributed by atoms with Crippen molar-refractivity contribution in [1.29, 1.82) is 0 Å². The highest BCUT2D eigenvalue weighted by atomic mass is 16.5. The Kier molecular flexibility index (Phi) is 4.99. The van der Waals surface area contributed by atoms with Crippen molar-refractivity contribution in [2.45, 2.75) is 19.4 Å². The fraction of sp³-hybridized carbons (Fsp3) is 0.238. The van der Waals surface area contributed by atoms with E-state index < -0.39 is 5.91 Å². The van der Waals surface area contributed by atoms with Gasteiger partial charge in [0, 0.05) is 31.3 Å². The summed E-state index contributed by atoms with van der Waals surface area (Å²) in [5.74, 6) is 0.367. The molecule has 0 fully saturated rings. The van der Waals surface area contributed by atoms with Gasteiger partial charge in [0.05, 0.1) is 36.1 Å². The lowest BCUT2D eigenvalue weighted by Crippen LogP contribution is -2.31. The molecule has 1 atom stereocenters. The largest absolute Gasteiger partial charge is 0.493 e. The first-order valence-electron chi connectivity index (χ1n) is 9.37. The van der Waals surface area contributed by atoms with Crippen molar-refractivity contribution in [2.75, 3.05) is 29.6 Å². The van der Waals surface area contributed by atoms with Crippen LogP contribution in [0.1, 0.15) is 23.8 Å². The predicted molar refractivity (Wildman–Crippen MR) is 112 cm³/mol. The number of rotatable bonds is 0. The molecule has 1 amide bonds. The highest BCUT2D eigenvalue weighted by Crippen LogP contribution is 2.28. The maximum atomic E-state index is 12.9. The Balaban J connectivity index is 1.81.